The number of hydrogen-bond acceptors (Lipinski definition) is 2. The van der Waals surface area contributed by atoms with E-state index in [1.807, 2.05) is 43.3 Å². The lowest BCUT2D eigenvalue weighted by Gasteiger charge is -2.09. The van der Waals surface area contributed by atoms with Crippen LogP contribution in [-0.2, 0) is 11.2 Å². The molecular weight excluding hydrogens is 286 g/mol. The number of benzene rings is 2. The van der Waals surface area contributed by atoms with E-state index in [-0.39, 0.29) is 5.91 Å². The van der Waals surface area contributed by atoms with Gasteiger partial charge in [0.1, 0.15) is 5.75 Å². The monoisotopic (exact) mass is 311 g/mol. The summed E-state index contributed by atoms with van der Waals surface area (Å²) in [7, 11) is 0. The van der Waals surface area contributed by atoms with Crippen LogP contribution in [-0.4, -0.2) is 12.5 Å². The average molecular weight is 311 g/mol. The zero-order valence-corrected chi connectivity index (χ0v) is 14.0. The smallest absolute Gasteiger partial charge is 0.224 e. The van der Waals surface area contributed by atoms with Gasteiger partial charge in [-0.2, -0.15) is 0 Å². The topological polar surface area (TPSA) is 38.3 Å². The van der Waals surface area contributed by atoms with Gasteiger partial charge in [-0.1, -0.05) is 43.7 Å². The molecule has 1 N–H and O–H groups in total. The predicted molar refractivity (Wildman–Crippen MR) is 95.0 cm³/mol. The van der Waals surface area contributed by atoms with E-state index in [9.17, 15) is 4.79 Å². The van der Waals surface area contributed by atoms with Crippen LogP contribution in [0.4, 0.5) is 5.69 Å². The third kappa shape index (κ3) is 5.78. The molecular formula is C20H25NO2. The maximum absolute atomic E-state index is 11.9. The summed E-state index contributed by atoms with van der Waals surface area (Å²) >= 11 is 0. The SMILES string of the molecule is CCCc1ccc(OCCCC(=O)Nc2ccccc2C)cc1. The second kappa shape index (κ2) is 8.99. The molecule has 3 nitrogen and oxygen atoms in total. The molecule has 1 amide bonds. The number of rotatable bonds is 8. The Balaban J connectivity index is 1.68. The molecule has 0 spiro atoms. The molecule has 0 aliphatic heterocycles. The Morgan fingerprint density at radius 1 is 1.09 bits per heavy atom. The molecule has 0 aromatic heterocycles. The number of ether oxygens (including phenoxy) is 1. The molecule has 0 aliphatic carbocycles. The average Bonchev–Trinajstić information content (AvgIpc) is 2.55. The number of hydrogen-bond donors (Lipinski definition) is 1. The molecule has 3 heteroatoms. The summed E-state index contributed by atoms with van der Waals surface area (Å²) in [6.45, 7) is 4.71. The first kappa shape index (κ1) is 17.1. The minimum Gasteiger partial charge on any atom is -0.494 e. The summed E-state index contributed by atoms with van der Waals surface area (Å²) in [6, 6.07) is 16.0. The van der Waals surface area contributed by atoms with E-state index >= 15 is 0 Å². The van der Waals surface area contributed by atoms with Crippen LogP contribution in [0.2, 0.25) is 0 Å². The van der Waals surface area contributed by atoms with Gasteiger partial charge in [0.25, 0.3) is 0 Å². The summed E-state index contributed by atoms with van der Waals surface area (Å²) in [5, 5.41) is 2.94. The first-order chi connectivity index (χ1) is 11.2. The maximum atomic E-state index is 11.9. The van der Waals surface area contributed by atoms with Gasteiger partial charge in [0.2, 0.25) is 5.91 Å². The van der Waals surface area contributed by atoms with Crippen LogP contribution in [0.15, 0.2) is 48.5 Å². The lowest BCUT2D eigenvalue weighted by atomic mass is 10.1. The van der Waals surface area contributed by atoms with Crippen molar-refractivity contribution in [1.82, 2.24) is 0 Å². The van der Waals surface area contributed by atoms with E-state index in [1.54, 1.807) is 0 Å². The largest absolute Gasteiger partial charge is 0.494 e. The van der Waals surface area contributed by atoms with Gasteiger partial charge in [-0.05, 0) is 49.1 Å². The van der Waals surface area contributed by atoms with Crippen molar-refractivity contribution in [3.05, 3.63) is 59.7 Å². The molecule has 2 aromatic carbocycles. The highest BCUT2D eigenvalue weighted by atomic mass is 16.5. The number of amides is 1. The van der Waals surface area contributed by atoms with E-state index < -0.39 is 0 Å². The minimum atomic E-state index is 0.0289. The van der Waals surface area contributed by atoms with Gasteiger partial charge >= 0.3 is 0 Å². The normalized spacial score (nSPS) is 10.3. The number of carbonyl (C=O) groups is 1. The van der Waals surface area contributed by atoms with Gasteiger partial charge in [-0.3, -0.25) is 4.79 Å². The van der Waals surface area contributed by atoms with Gasteiger partial charge in [-0.15, -0.1) is 0 Å². The van der Waals surface area contributed by atoms with Crippen molar-refractivity contribution in [2.45, 2.75) is 39.5 Å². The van der Waals surface area contributed by atoms with Crippen LogP contribution >= 0.6 is 0 Å². The Morgan fingerprint density at radius 3 is 2.52 bits per heavy atom. The second-order valence-corrected chi connectivity index (χ2v) is 5.71. The van der Waals surface area contributed by atoms with Crippen LogP contribution in [0.5, 0.6) is 5.75 Å². The maximum Gasteiger partial charge on any atom is 0.224 e. The quantitative estimate of drug-likeness (QED) is 0.715. The van der Waals surface area contributed by atoms with Gasteiger partial charge in [0.05, 0.1) is 6.61 Å². The third-order valence-corrected chi connectivity index (χ3v) is 3.70. The molecule has 0 aliphatic rings. The third-order valence-electron chi connectivity index (χ3n) is 3.70. The summed E-state index contributed by atoms with van der Waals surface area (Å²) in [5.74, 6) is 0.894. The van der Waals surface area contributed by atoms with E-state index in [0.717, 1.165) is 29.8 Å². The predicted octanol–water partition coefficient (Wildman–Crippen LogP) is 4.75. The number of aryl methyl sites for hydroxylation is 2. The highest BCUT2D eigenvalue weighted by Gasteiger charge is 2.04. The lowest BCUT2D eigenvalue weighted by molar-refractivity contribution is -0.116. The summed E-state index contributed by atoms with van der Waals surface area (Å²) < 4.78 is 5.68. The number of anilines is 1. The standard InChI is InChI=1S/C20H25NO2/c1-3-7-17-11-13-18(14-12-17)23-15-6-10-20(22)21-19-9-5-4-8-16(19)2/h4-5,8-9,11-14H,3,6-7,10,15H2,1-2H3,(H,21,22). The van der Waals surface area contributed by atoms with Gasteiger partial charge in [0, 0.05) is 12.1 Å². The molecule has 0 fully saturated rings. The molecule has 0 unspecified atom stereocenters. The molecule has 0 saturated heterocycles. The van der Waals surface area contributed by atoms with Crippen molar-refractivity contribution >= 4 is 11.6 Å². The second-order valence-electron chi connectivity index (χ2n) is 5.71. The van der Waals surface area contributed by atoms with Crippen LogP contribution in [0.3, 0.4) is 0 Å². The lowest BCUT2D eigenvalue weighted by Crippen LogP contribution is -2.13. The van der Waals surface area contributed by atoms with Crippen molar-refractivity contribution in [3.63, 3.8) is 0 Å². The Hall–Kier alpha value is -2.29. The van der Waals surface area contributed by atoms with Crippen LogP contribution in [0, 0.1) is 6.92 Å². The van der Waals surface area contributed by atoms with Crippen LogP contribution in [0.1, 0.15) is 37.3 Å². The Morgan fingerprint density at radius 2 is 1.83 bits per heavy atom. The van der Waals surface area contributed by atoms with E-state index in [1.165, 1.54) is 5.56 Å². The molecule has 2 rings (SSSR count). The molecule has 0 heterocycles. The summed E-state index contributed by atoms with van der Waals surface area (Å²) in [5.41, 5.74) is 3.28. The molecule has 2 aromatic rings. The molecule has 23 heavy (non-hydrogen) atoms. The number of para-hydroxylation sites is 1. The van der Waals surface area contributed by atoms with E-state index in [0.29, 0.717) is 19.4 Å². The van der Waals surface area contributed by atoms with Gasteiger partial charge < -0.3 is 10.1 Å². The van der Waals surface area contributed by atoms with Crippen LogP contribution in [0.25, 0.3) is 0 Å². The number of nitrogens with one attached hydrogen (secondary N) is 1. The number of carbonyl (C=O) groups excluding carboxylic acids is 1. The minimum absolute atomic E-state index is 0.0289. The molecule has 0 atom stereocenters. The first-order valence-corrected chi connectivity index (χ1v) is 8.26. The van der Waals surface area contributed by atoms with E-state index in [2.05, 4.69) is 24.4 Å². The van der Waals surface area contributed by atoms with Crippen molar-refractivity contribution in [2.24, 2.45) is 0 Å². The molecule has 0 saturated carbocycles. The van der Waals surface area contributed by atoms with Crippen molar-refractivity contribution in [1.29, 1.82) is 0 Å². The fraction of sp³-hybridized carbons (Fsp3) is 0.350. The summed E-state index contributed by atoms with van der Waals surface area (Å²) in [4.78, 5) is 11.9. The highest BCUT2D eigenvalue weighted by molar-refractivity contribution is 5.91. The molecule has 0 radical (unpaired) electrons. The highest BCUT2D eigenvalue weighted by Crippen LogP contribution is 2.15. The van der Waals surface area contributed by atoms with Gasteiger partial charge in [0.15, 0.2) is 0 Å². The van der Waals surface area contributed by atoms with Crippen molar-refractivity contribution in [2.75, 3.05) is 11.9 Å². The Kier molecular flexibility index (Phi) is 6.67. The van der Waals surface area contributed by atoms with Gasteiger partial charge in [-0.25, -0.2) is 0 Å². The Bertz CT molecular complexity index is 620. The fourth-order valence-corrected chi connectivity index (χ4v) is 2.39. The zero-order valence-electron chi connectivity index (χ0n) is 14.0. The first-order valence-electron chi connectivity index (χ1n) is 8.26. The summed E-state index contributed by atoms with van der Waals surface area (Å²) in [6.07, 6.45) is 3.41. The van der Waals surface area contributed by atoms with Crippen LogP contribution < -0.4 is 10.1 Å². The van der Waals surface area contributed by atoms with Crippen molar-refractivity contribution < 1.29 is 9.53 Å². The van der Waals surface area contributed by atoms with E-state index in [4.69, 9.17) is 4.74 Å². The molecule has 0 bridgehead atoms. The van der Waals surface area contributed by atoms with Crippen molar-refractivity contribution in [3.8, 4) is 5.75 Å². The zero-order chi connectivity index (χ0) is 16.5. The molecule has 122 valence electrons. The Labute approximate surface area is 138 Å². The fourth-order valence-electron chi connectivity index (χ4n) is 2.39.